The Morgan fingerprint density at radius 1 is 1.14 bits per heavy atom. The second-order valence-corrected chi connectivity index (χ2v) is 6.94. The Labute approximate surface area is 169 Å². The quantitative estimate of drug-likeness (QED) is 0.700. The Hall–Kier alpha value is -2.48. The first-order valence-corrected chi connectivity index (χ1v) is 10.2. The number of nitrogens with two attached hydrogens (primary N) is 1. The van der Waals surface area contributed by atoms with Gasteiger partial charge in [-0.2, -0.15) is 0 Å². The van der Waals surface area contributed by atoms with Crippen molar-refractivity contribution in [3.05, 3.63) is 59.2 Å². The van der Waals surface area contributed by atoms with Gasteiger partial charge in [-0.05, 0) is 62.7 Å². The van der Waals surface area contributed by atoms with Gasteiger partial charge in [0.25, 0.3) is 0 Å². The van der Waals surface area contributed by atoms with E-state index in [1.54, 1.807) is 0 Å². The summed E-state index contributed by atoms with van der Waals surface area (Å²) >= 11 is 0. The highest BCUT2D eigenvalue weighted by molar-refractivity contribution is 5.49. The number of aromatic hydroxyl groups is 1. The number of phenolic OH excluding ortho intramolecular Hbond substituents is 1. The Morgan fingerprint density at radius 2 is 1.82 bits per heavy atom. The van der Waals surface area contributed by atoms with Crippen molar-refractivity contribution in [1.82, 2.24) is 4.90 Å². The average Bonchev–Trinajstić information content (AvgIpc) is 2.73. The van der Waals surface area contributed by atoms with Gasteiger partial charge in [-0.1, -0.05) is 43.9 Å². The molecule has 0 atom stereocenters. The lowest BCUT2D eigenvalue weighted by Crippen LogP contribution is -2.39. The number of para-hydroxylation sites is 1. The van der Waals surface area contributed by atoms with Crippen LogP contribution in [-0.4, -0.2) is 35.7 Å². The van der Waals surface area contributed by atoms with Gasteiger partial charge in [-0.3, -0.25) is 4.90 Å². The molecule has 1 fully saturated rings. The van der Waals surface area contributed by atoms with E-state index in [-0.39, 0.29) is 0 Å². The van der Waals surface area contributed by atoms with Crippen molar-refractivity contribution in [2.24, 2.45) is 5.73 Å². The molecule has 28 heavy (non-hydrogen) atoms. The molecule has 0 aromatic heterocycles. The summed E-state index contributed by atoms with van der Waals surface area (Å²) in [5.41, 5.74) is 9.80. The highest BCUT2D eigenvalue weighted by Gasteiger charge is 2.18. The van der Waals surface area contributed by atoms with Crippen LogP contribution in [0.2, 0.25) is 0 Å². The molecule has 0 radical (unpaired) electrons. The van der Waals surface area contributed by atoms with Crippen LogP contribution in [0.1, 0.15) is 43.4 Å². The Kier molecular flexibility index (Phi) is 8.87. The Balaban J connectivity index is 0.00000136. The molecule has 0 bridgehead atoms. The fourth-order valence-electron chi connectivity index (χ4n) is 3.25. The third-order valence-electron chi connectivity index (χ3n) is 4.79. The monoisotopic (exact) mass is 379 g/mol. The van der Waals surface area contributed by atoms with E-state index in [0.29, 0.717) is 18.3 Å². The number of rotatable bonds is 4. The minimum absolute atomic E-state index is 0.316. The van der Waals surface area contributed by atoms with Crippen LogP contribution in [0.5, 0.6) is 5.75 Å². The van der Waals surface area contributed by atoms with Crippen LogP contribution in [0.15, 0.2) is 42.5 Å². The highest BCUT2D eigenvalue weighted by atomic mass is 16.3. The molecule has 150 valence electrons. The van der Waals surface area contributed by atoms with Crippen molar-refractivity contribution < 1.29 is 5.11 Å². The minimum Gasteiger partial charge on any atom is -0.507 e. The van der Waals surface area contributed by atoms with Gasteiger partial charge in [-0.25, -0.2) is 0 Å². The summed E-state index contributed by atoms with van der Waals surface area (Å²) in [7, 11) is 0. The number of benzene rings is 2. The molecule has 0 spiro atoms. The Bertz CT molecular complexity index is 785. The van der Waals surface area contributed by atoms with Crippen molar-refractivity contribution in [2.45, 2.75) is 46.2 Å². The maximum Gasteiger partial charge on any atom is 0.123 e. The third kappa shape index (κ3) is 6.60. The number of piperidine rings is 1. The van der Waals surface area contributed by atoms with Crippen LogP contribution in [0, 0.1) is 18.8 Å². The lowest BCUT2D eigenvalue weighted by molar-refractivity contribution is 0.203. The van der Waals surface area contributed by atoms with Gasteiger partial charge in [0.15, 0.2) is 0 Å². The van der Waals surface area contributed by atoms with Crippen molar-refractivity contribution >= 4 is 5.69 Å². The normalized spacial score (nSPS) is 14.4. The largest absolute Gasteiger partial charge is 0.507 e. The van der Waals surface area contributed by atoms with Gasteiger partial charge < -0.3 is 16.2 Å². The van der Waals surface area contributed by atoms with E-state index in [9.17, 15) is 5.11 Å². The zero-order valence-electron chi connectivity index (χ0n) is 17.3. The lowest BCUT2D eigenvalue weighted by atomic mass is 10.0. The van der Waals surface area contributed by atoms with Crippen LogP contribution in [0.4, 0.5) is 5.69 Å². The fraction of sp³-hybridized carbons (Fsp3) is 0.417. The van der Waals surface area contributed by atoms with Crippen molar-refractivity contribution in [3.8, 4) is 17.6 Å². The molecule has 4 nitrogen and oxygen atoms in total. The van der Waals surface area contributed by atoms with Crippen LogP contribution >= 0.6 is 0 Å². The van der Waals surface area contributed by atoms with E-state index in [1.807, 2.05) is 63.2 Å². The number of phenols is 1. The van der Waals surface area contributed by atoms with Crippen molar-refractivity contribution in [1.29, 1.82) is 0 Å². The lowest BCUT2D eigenvalue weighted by Gasteiger charge is -2.30. The SMILES string of the molecule is CC.Cc1cc(C#CCNc2ccccc2)cc(CN2CCC(N)CC2)c1O. The zero-order valence-corrected chi connectivity index (χ0v) is 17.3. The molecule has 1 saturated heterocycles. The van der Waals surface area contributed by atoms with E-state index in [4.69, 9.17) is 5.73 Å². The van der Waals surface area contributed by atoms with Gasteiger partial charge in [0, 0.05) is 29.4 Å². The van der Waals surface area contributed by atoms with Crippen molar-refractivity contribution in [3.63, 3.8) is 0 Å². The third-order valence-corrected chi connectivity index (χ3v) is 4.79. The molecule has 1 aliphatic heterocycles. The van der Waals surface area contributed by atoms with Crippen LogP contribution in [-0.2, 0) is 6.54 Å². The summed E-state index contributed by atoms with van der Waals surface area (Å²) < 4.78 is 0. The standard InChI is InChI=1S/C22H27N3O.C2H6/c1-17-14-18(6-5-11-24-21-7-3-2-4-8-21)15-19(22(17)26)16-25-12-9-20(23)10-13-25;1-2/h2-4,7-8,14-15,20,24,26H,9-13,16,23H2,1H3;1-2H3. The Morgan fingerprint density at radius 3 is 2.50 bits per heavy atom. The second-order valence-electron chi connectivity index (χ2n) is 6.94. The average molecular weight is 380 g/mol. The molecular formula is C24H33N3O. The van der Waals surface area contributed by atoms with E-state index in [2.05, 4.69) is 22.1 Å². The number of likely N-dealkylation sites (tertiary alicyclic amines) is 1. The molecular weight excluding hydrogens is 346 g/mol. The summed E-state index contributed by atoms with van der Waals surface area (Å²) in [5, 5.41) is 13.7. The predicted octanol–water partition coefficient (Wildman–Crippen LogP) is 4.11. The van der Waals surface area contributed by atoms with Gasteiger partial charge >= 0.3 is 0 Å². The van der Waals surface area contributed by atoms with E-state index in [0.717, 1.165) is 54.9 Å². The van der Waals surface area contributed by atoms with E-state index in [1.165, 1.54) is 0 Å². The number of anilines is 1. The smallest absolute Gasteiger partial charge is 0.123 e. The first-order chi connectivity index (χ1) is 13.6. The van der Waals surface area contributed by atoms with Gasteiger partial charge in [0.05, 0.1) is 6.54 Å². The fourth-order valence-corrected chi connectivity index (χ4v) is 3.25. The predicted molar refractivity (Wildman–Crippen MR) is 118 cm³/mol. The molecule has 4 heteroatoms. The molecule has 0 aliphatic carbocycles. The van der Waals surface area contributed by atoms with Crippen LogP contribution < -0.4 is 11.1 Å². The molecule has 0 amide bonds. The van der Waals surface area contributed by atoms with Gasteiger partial charge in [0.1, 0.15) is 5.75 Å². The van der Waals surface area contributed by atoms with E-state index < -0.39 is 0 Å². The summed E-state index contributed by atoms with van der Waals surface area (Å²) in [6.45, 7) is 9.23. The summed E-state index contributed by atoms with van der Waals surface area (Å²) in [4.78, 5) is 2.35. The maximum atomic E-state index is 10.4. The second kappa shape index (κ2) is 11.4. The first-order valence-electron chi connectivity index (χ1n) is 10.2. The topological polar surface area (TPSA) is 61.5 Å². The molecule has 3 rings (SSSR count). The summed E-state index contributed by atoms with van der Waals surface area (Å²) in [6.07, 6.45) is 2.04. The number of aryl methyl sites for hydroxylation is 1. The number of nitrogens with zero attached hydrogens (tertiary/aromatic N) is 1. The van der Waals surface area contributed by atoms with Crippen LogP contribution in [0.3, 0.4) is 0 Å². The molecule has 2 aromatic rings. The van der Waals surface area contributed by atoms with Crippen molar-refractivity contribution in [2.75, 3.05) is 25.0 Å². The number of nitrogens with one attached hydrogen (secondary N) is 1. The molecule has 1 aliphatic rings. The number of hydrogen-bond donors (Lipinski definition) is 3. The highest BCUT2D eigenvalue weighted by Crippen LogP contribution is 2.26. The summed E-state index contributed by atoms with van der Waals surface area (Å²) in [6, 6.07) is 14.3. The van der Waals surface area contributed by atoms with Crippen LogP contribution in [0.25, 0.3) is 0 Å². The summed E-state index contributed by atoms with van der Waals surface area (Å²) in [5.74, 6) is 6.75. The molecule has 4 N–H and O–H groups in total. The van der Waals surface area contributed by atoms with Gasteiger partial charge in [0.2, 0.25) is 0 Å². The minimum atomic E-state index is 0.316. The van der Waals surface area contributed by atoms with Gasteiger partial charge in [-0.15, -0.1) is 0 Å². The molecule has 1 heterocycles. The maximum absolute atomic E-state index is 10.4. The molecule has 2 aromatic carbocycles. The first kappa shape index (κ1) is 21.8. The van der Waals surface area contributed by atoms with E-state index >= 15 is 0 Å². The molecule has 0 unspecified atom stereocenters. The zero-order chi connectivity index (χ0) is 20.4. The number of hydrogen-bond acceptors (Lipinski definition) is 4. The molecule has 0 saturated carbocycles.